The smallest absolute Gasteiger partial charge is 0.236 e. The first-order chi connectivity index (χ1) is 9.86. The molecule has 1 aliphatic rings. The van der Waals surface area contributed by atoms with Crippen LogP contribution in [0.5, 0.6) is 0 Å². The van der Waals surface area contributed by atoms with Crippen molar-refractivity contribution in [3.05, 3.63) is 28.5 Å². The molecule has 0 saturated carbocycles. The Hall–Kier alpha value is -0.820. The van der Waals surface area contributed by atoms with Gasteiger partial charge in [0.2, 0.25) is 5.89 Å². The molecule has 0 aromatic carbocycles. The summed E-state index contributed by atoms with van der Waals surface area (Å²) in [5, 5.41) is 3.27. The predicted molar refractivity (Wildman–Crippen MR) is 83.3 cm³/mol. The van der Waals surface area contributed by atoms with Crippen molar-refractivity contribution in [1.82, 2.24) is 10.3 Å². The standard InChI is InChI=1S/C14H18N2O2S2/c1-17-4-3-15-7-11-8-18-14(16-11)13-6-10-9-19-5-2-12(10)20-13/h6,8,15H,2-5,7,9H2,1H3. The quantitative estimate of drug-likeness (QED) is 0.831. The van der Waals surface area contributed by atoms with Crippen LogP contribution < -0.4 is 5.32 Å². The Morgan fingerprint density at radius 1 is 1.50 bits per heavy atom. The van der Waals surface area contributed by atoms with E-state index in [4.69, 9.17) is 9.15 Å². The SMILES string of the molecule is COCCNCc1coc(-c2cc3c(s2)CCSC3)n1. The van der Waals surface area contributed by atoms with E-state index >= 15 is 0 Å². The van der Waals surface area contributed by atoms with Crippen LogP contribution in [-0.4, -0.2) is 31.0 Å². The molecule has 4 nitrogen and oxygen atoms in total. The number of rotatable bonds is 6. The zero-order valence-corrected chi connectivity index (χ0v) is 13.1. The van der Waals surface area contributed by atoms with E-state index in [2.05, 4.69) is 16.4 Å². The van der Waals surface area contributed by atoms with E-state index in [1.807, 2.05) is 23.1 Å². The molecule has 0 unspecified atom stereocenters. The fourth-order valence-corrected chi connectivity index (χ4v) is 4.45. The summed E-state index contributed by atoms with van der Waals surface area (Å²) in [7, 11) is 1.70. The molecule has 3 rings (SSSR count). The molecule has 20 heavy (non-hydrogen) atoms. The van der Waals surface area contributed by atoms with E-state index in [1.165, 1.54) is 22.6 Å². The molecule has 2 aromatic heterocycles. The number of methoxy groups -OCH3 is 1. The Bertz CT molecular complexity index is 542. The first-order valence-electron chi connectivity index (χ1n) is 6.70. The Morgan fingerprint density at radius 3 is 3.30 bits per heavy atom. The molecule has 0 spiro atoms. The van der Waals surface area contributed by atoms with Crippen LogP contribution in [0.1, 0.15) is 16.1 Å². The van der Waals surface area contributed by atoms with Crippen molar-refractivity contribution >= 4 is 23.1 Å². The Morgan fingerprint density at radius 2 is 2.45 bits per heavy atom. The van der Waals surface area contributed by atoms with Crippen LogP contribution in [0.2, 0.25) is 0 Å². The Labute approximate surface area is 126 Å². The molecule has 108 valence electrons. The van der Waals surface area contributed by atoms with Gasteiger partial charge in [-0.05, 0) is 23.8 Å². The number of hydrogen-bond acceptors (Lipinski definition) is 6. The normalized spacial score (nSPS) is 14.4. The average molecular weight is 310 g/mol. The third kappa shape index (κ3) is 3.25. The molecule has 0 atom stereocenters. The summed E-state index contributed by atoms with van der Waals surface area (Å²) in [5.41, 5.74) is 2.40. The fraction of sp³-hybridized carbons (Fsp3) is 0.500. The molecule has 6 heteroatoms. The molecule has 1 aliphatic heterocycles. The highest BCUT2D eigenvalue weighted by molar-refractivity contribution is 7.98. The second-order valence-corrected chi connectivity index (χ2v) is 6.92. The van der Waals surface area contributed by atoms with Crippen LogP contribution >= 0.6 is 23.1 Å². The van der Waals surface area contributed by atoms with Crippen LogP contribution in [0.4, 0.5) is 0 Å². The van der Waals surface area contributed by atoms with Crippen molar-refractivity contribution < 1.29 is 9.15 Å². The molecule has 0 radical (unpaired) electrons. The van der Waals surface area contributed by atoms with Gasteiger partial charge in [-0.3, -0.25) is 0 Å². The van der Waals surface area contributed by atoms with Crippen LogP contribution in [0.25, 0.3) is 10.8 Å². The first-order valence-corrected chi connectivity index (χ1v) is 8.67. The second-order valence-electron chi connectivity index (χ2n) is 4.68. The number of fused-ring (bicyclic) bond motifs is 1. The average Bonchev–Trinajstić information content (AvgIpc) is 3.09. The van der Waals surface area contributed by atoms with E-state index in [9.17, 15) is 0 Å². The second kappa shape index (κ2) is 6.76. The minimum absolute atomic E-state index is 0.708. The molecule has 0 bridgehead atoms. The highest BCUT2D eigenvalue weighted by Crippen LogP contribution is 2.36. The maximum atomic E-state index is 5.61. The lowest BCUT2D eigenvalue weighted by atomic mass is 10.2. The van der Waals surface area contributed by atoms with Gasteiger partial charge in [0.25, 0.3) is 0 Å². The van der Waals surface area contributed by atoms with E-state index < -0.39 is 0 Å². The molecule has 0 saturated heterocycles. The third-order valence-electron chi connectivity index (χ3n) is 3.18. The van der Waals surface area contributed by atoms with Gasteiger partial charge in [0, 0.05) is 30.8 Å². The number of nitrogens with zero attached hydrogens (tertiary/aromatic N) is 1. The van der Waals surface area contributed by atoms with Gasteiger partial charge >= 0.3 is 0 Å². The van der Waals surface area contributed by atoms with Gasteiger partial charge in [-0.1, -0.05) is 0 Å². The highest BCUT2D eigenvalue weighted by Gasteiger charge is 2.17. The van der Waals surface area contributed by atoms with Gasteiger partial charge in [0.15, 0.2) is 0 Å². The summed E-state index contributed by atoms with van der Waals surface area (Å²) in [6.45, 7) is 2.25. The van der Waals surface area contributed by atoms with Gasteiger partial charge in [-0.2, -0.15) is 11.8 Å². The fourth-order valence-electron chi connectivity index (χ4n) is 2.14. The number of aryl methyl sites for hydroxylation is 1. The summed E-state index contributed by atoms with van der Waals surface area (Å²) < 4.78 is 10.6. The number of hydrogen-bond donors (Lipinski definition) is 1. The third-order valence-corrected chi connectivity index (χ3v) is 5.41. The van der Waals surface area contributed by atoms with E-state index in [0.717, 1.165) is 28.8 Å². The Balaban J connectivity index is 1.65. The number of nitrogens with one attached hydrogen (secondary N) is 1. The maximum absolute atomic E-state index is 5.61. The number of ether oxygens (including phenoxy) is 1. The molecule has 0 aliphatic carbocycles. The number of thiophene rings is 1. The van der Waals surface area contributed by atoms with E-state index in [1.54, 1.807) is 13.4 Å². The van der Waals surface area contributed by atoms with Crippen molar-refractivity contribution in [3.63, 3.8) is 0 Å². The van der Waals surface area contributed by atoms with Gasteiger partial charge in [0.05, 0.1) is 17.2 Å². The number of thioether (sulfide) groups is 1. The minimum Gasteiger partial charge on any atom is -0.444 e. The molecule has 0 fully saturated rings. The largest absolute Gasteiger partial charge is 0.444 e. The summed E-state index contributed by atoms with van der Waals surface area (Å²) in [6, 6.07) is 2.24. The van der Waals surface area contributed by atoms with Crippen molar-refractivity contribution in [3.8, 4) is 10.8 Å². The van der Waals surface area contributed by atoms with Crippen LogP contribution in [0, 0.1) is 0 Å². The minimum atomic E-state index is 0.708. The lowest BCUT2D eigenvalue weighted by Gasteiger charge is -2.08. The van der Waals surface area contributed by atoms with Gasteiger partial charge in [-0.25, -0.2) is 4.98 Å². The predicted octanol–water partition coefficient (Wildman–Crippen LogP) is 2.93. The van der Waals surface area contributed by atoms with Crippen LogP contribution in [0.3, 0.4) is 0 Å². The van der Waals surface area contributed by atoms with Crippen molar-refractivity contribution in [2.24, 2.45) is 0 Å². The summed E-state index contributed by atoms with van der Waals surface area (Å²) in [5.74, 6) is 3.10. The van der Waals surface area contributed by atoms with Crippen LogP contribution in [0.15, 0.2) is 16.7 Å². The number of aromatic nitrogens is 1. The summed E-state index contributed by atoms with van der Waals surface area (Å²) in [4.78, 5) is 7.21. The maximum Gasteiger partial charge on any atom is 0.236 e. The van der Waals surface area contributed by atoms with E-state index in [-0.39, 0.29) is 0 Å². The lowest BCUT2D eigenvalue weighted by molar-refractivity contribution is 0.199. The molecule has 0 amide bonds. The molecular formula is C14H18N2O2S2. The highest BCUT2D eigenvalue weighted by atomic mass is 32.2. The lowest BCUT2D eigenvalue weighted by Crippen LogP contribution is -2.18. The molecule has 1 N–H and O–H groups in total. The van der Waals surface area contributed by atoms with Crippen molar-refractivity contribution in [2.45, 2.75) is 18.7 Å². The monoisotopic (exact) mass is 310 g/mol. The van der Waals surface area contributed by atoms with Gasteiger partial charge < -0.3 is 14.5 Å². The summed E-state index contributed by atoms with van der Waals surface area (Å²) >= 11 is 3.82. The molecule has 2 aromatic rings. The Kier molecular flexibility index (Phi) is 4.77. The molecule has 3 heterocycles. The first kappa shape index (κ1) is 14.1. The van der Waals surface area contributed by atoms with Crippen LogP contribution in [-0.2, 0) is 23.5 Å². The van der Waals surface area contributed by atoms with Gasteiger partial charge in [0.1, 0.15) is 6.26 Å². The molecular weight excluding hydrogens is 292 g/mol. The van der Waals surface area contributed by atoms with Crippen molar-refractivity contribution in [2.75, 3.05) is 26.0 Å². The van der Waals surface area contributed by atoms with Gasteiger partial charge in [-0.15, -0.1) is 11.3 Å². The topological polar surface area (TPSA) is 47.3 Å². The zero-order valence-electron chi connectivity index (χ0n) is 11.5. The number of oxazole rings is 1. The van der Waals surface area contributed by atoms with E-state index in [0.29, 0.717) is 13.2 Å². The van der Waals surface area contributed by atoms with Crippen molar-refractivity contribution in [1.29, 1.82) is 0 Å². The zero-order chi connectivity index (χ0) is 13.8. The summed E-state index contributed by atoms with van der Waals surface area (Å²) in [6.07, 6.45) is 2.92.